The van der Waals surface area contributed by atoms with E-state index in [-0.39, 0.29) is 12.0 Å². The number of aromatic nitrogens is 1. The molecule has 2 rings (SSSR count). The zero-order valence-electron chi connectivity index (χ0n) is 12.2. The Hall–Kier alpha value is -1.35. The van der Waals surface area contributed by atoms with Gasteiger partial charge in [0, 0.05) is 23.7 Å². The maximum Gasteiger partial charge on any atom is 0.129 e. The fraction of sp³-hybridized carbons (Fsp3) is 0.562. The summed E-state index contributed by atoms with van der Waals surface area (Å²) in [5.74, 6) is 0.971. The van der Waals surface area contributed by atoms with Gasteiger partial charge in [0.25, 0.3) is 0 Å². The smallest absolute Gasteiger partial charge is 0.129 e. The molecule has 1 aromatic rings. The topological polar surface area (TPSA) is 36.4 Å². The lowest BCUT2D eigenvalue weighted by atomic mass is 9.91. The van der Waals surface area contributed by atoms with E-state index in [2.05, 4.69) is 32.3 Å². The molecule has 104 valence electrons. The third-order valence-electron chi connectivity index (χ3n) is 3.43. The van der Waals surface area contributed by atoms with Gasteiger partial charge in [-0.1, -0.05) is 26.8 Å². The summed E-state index contributed by atoms with van der Waals surface area (Å²) in [6.45, 7) is 11.2. The van der Waals surface area contributed by atoms with Gasteiger partial charge in [-0.2, -0.15) is 0 Å². The van der Waals surface area contributed by atoms with Crippen molar-refractivity contribution in [1.29, 1.82) is 0 Å². The number of aliphatic hydroxyl groups is 1. The van der Waals surface area contributed by atoms with Crippen molar-refractivity contribution in [2.24, 2.45) is 0 Å². The molecule has 1 N–H and O–H groups in total. The molecule has 1 aliphatic carbocycles. The van der Waals surface area contributed by atoms with E-state index < -0.39 is 0 Å². The Morgan fingerprint density at radius 1 is 1.42 bits per heavy atom. The van der Waals surface area contributed by atoms with Crippen LogP contribution in [0.15, 0.2) is 24.8 Å². The summed E-state index contributed by atoms with van der Waals surface area (Å²) in [5, 5.41) is 9.45. The van der Waals surface area contributed by atoms with Crippen molar-refractivity contribution < 1.29 is 5.11 Å². The first-order chi connectivity index (χ1) is 8.95. The Kier molecular flexibility index (Phi) is 3.95. The summed E-state index contributed by atoms with van der Waals surface area (Å²) in [5.41, 5.74) is 1.96. The summed E-state index contributed by atoms with van der Waals surface area (Å²) in [4.78, 5) is 7.09. The molecule has 0 spiro atoms. The lowest BCUT2D eigenvalue weighted by Crippen LogP contribution is -2.28. The highest BCUT2D eigenvalue weighted by atomic mass is 16.3. The molecule has 1 aromatic heterocycles. The third-order valence-corrected chi connectivity index (χ3v) is 3.43. The summed E-state index contributed by atoms with van der Waals surface area (Å²) >= 11 is 0. The van der Waals surface area contributed by atoms with E-state index in [1.54, 1.807) is 0 Å². The van der Waals surface area contributed by atoms with Crippen LogP contribution in [0.4, 0.5) is 5.82 Å². The zero-order valence-corrected chi connectivity index (χ0v) is 12.2. The number of hydrogen-bond donors (Lipinski definition) is 1. The molecular formula is C16H24N2O. The molecule has 19 heavy (non-hydrogen) atoms. The highest BCUT2D eigenvalue weighted by molar-refractivity contribution is 5.46. The van der Waals surface area contributed by atoms with Gasteiger partial charge >= 0.3 is 0 Å². The van der Waals surface area contributed by atoms with Crippen LogP contribution in [-0.4, -0.2) is 22.7 Å². The second kappa shape index (κ2) is 5.33. The van der Waals surface area contributed by atoms with Crippen LogP contribution in [-0.2, 0) is 12.0 Å². The van der Waals surface area contributed by atoms with Crippen LogP contribution in [0, 0.1) is 0 Å². The SMILES string of the molecule is C=CCN(c1cc(CO)cc(C(C)(C)C)n1)C1CC1. The Morgan fingerprint density at radius 3 is 2.58 bits per heavy atom. The van der Waals surface area contributed by atoms with E-state index in [0.717, 1.165) is 23.6 Å². The monoisotopic (exact) mass is 260 g/mol. The minimum absolute atomic E-state index is 0.0106. The van der Waals surface area contributed by atoms with Gasteiger partial charge in [0.05, 0.1) is 6.61 Å². The molecule has 0 aliphatic heterocycles. The largest absolute Gasteiger partial charge is 0.392 e. The fourth-order valence-corrected chi connectivity index (χ4v) is 2.15. The lowest BCUT2D eigenvalue weighted by molar-refractivity contribution is 0.281. The van der Waals surface area contributed by atoms with Gasteiger partial charge in [-0.05, 0) is 30.5 Å². The molecule has 1 heterocycles. The third kappa shape index (κ3) is 3.35. The van der Waals surface area contributed by atoms with Gasteiger partial charge in [-0.3, -0.25) is 0 Å². The first-order valence-electron chi connectivity index (χ1n) is 6.95. The predicted octanol–water partition coefficient (Wildman–Crippen LogP) is 3.03. The number of hydrogen-bond acceptors (Lipinski definition) is 3. The molecule has 0 amide bonds. The van der Waals surface area contributed by atoms with Gasteiger partial charge in [-0.15, -0.1) is 6.58 Å². The van der Waals surface area contributed by atoms with E-state index in [4.69, 9.17) is 4.98 Å². The normalized spacial score (nSPS) is 15.4. The van der Waals surface area contributed by atoms with Crippen LogP contribution < -0.4 is 4.90 Å². The average Bonchev–Trinajstić information content (AvgIpc) is 3.18. The quantitative estimate of drug-likeness (QED) is 0.827. The molecule has 0 aromatic carbocycles. The highest BCUT2D eigenvalue weighted by Gasteiger charge is 2.30. The Labute approximate surface area is 116 Å². The van der Waals surface area contributed by atoms with E-state index in [1.165, 1.54) is 12.8 Å². The van der Waals surface area contributed by atoms with Crippen LogP contribution in [0.5, 0.6) is 0 Å². The summed E-state index contributed by atoms with van der Waals surface area (Å²) in [6, 6.07) is 4.59. The van der Waals surface area contributed by atoms with Crippen molar-refractivity contribution in [3.63, 3.8) is 0 Å². The van der Waals surface area contributed by atoms with Gasteiger partial charge in [0.15, 0.2) is 0 Å². The second-order valence-corrected chi connectivity index (χ2v) is 6.30. The van der Waals surface area contributed by atoms with Crippen molar-refractivity contribution >= 4 is 5.82 Å². The number of nitrogens with zero attached hydrogens (tertiary/aromatic N) is 2. The van der Waals surface area contributed by atoms with Crippen molar-refractivity contribution in [2.75, 3.05) is 11.4 Å². The molecule has 0 radical (unpaired) electrons. The average molecular weight is 260 g/mol. The number of pyridine rings is 1. The van der Waals surface area contributed by atoms with Crippen LogP contribution >= 0.6 is 0 Å². The fourth-order valence-electron chi connectivity index (χ4n) is 2.15. The van der Waals surface area contributed by atoms with E-state index in [1.807, 2.05) is 18.2 Å². The van der Waals surface area contributed by atoms with E-state index >= 15 is 0 Å². The summed E-state index contributed by atoms with van der Waals surface area (Å²) < 4.78 is 0. The Balaban J connectivity index is 2.40. The molecule has 1 saturated carbocycles. The minimum Gasteiger partial charge on any atom is -0.392 e. The first kappa shape index (κ1) is 14.1. The van der Waals surface area contributed by atoms with Crippen LogP contribution in [0.1, 0.15) is 44.9 Å². The maximum atomic E-state index is 9.45. The van der Waals surface area contributed by atoms with Crippen molar-refractivity contribution in [2.45, 2.75) is 51.7 Å². The van der Waals surface area contributed by atoms with E-state index in [9.17, 15) is 5.11 Å². The highest BCUT2D eigenvalue weighted by Crippen LogP contribution is 2.32. The van der Waals surface area contributed by atoms with Gasteiger partial charge in [0.2, 0.25) is 0 Å². The summed E-state index contributed by atoms with van der Waals surface area (Å²) in [7, 11) is 0. The summed E-state index contributed by atoms with van der Waals surface area (Å²) in [6.07, 6.45) is 4.37. The lowest BCUT2D eigenvalue weighted by Gasteiger charge is -2.26. The van der Waals surface area contributed by atoms with E-state index in [0.29, 0.717) is 6.04 Å². The molecule has 0 atom stereocenters. The minimum atomic E-state index is -0.0106. The molecule has 0 saturated heterocycles. The van der Waals surface area contributed by atoms with Gasteiger partial charge < -0.3 is 10.0 Å². The molecule has 3 nitrogen and oxygen atoms in total. The standard InChI is InChI=1S/C16H24N2O/c1-5-8-18(13-6-7-13)15-10-12(11-19)9-14(17-15)16(2,3)4/h5,9-10,13,19H,1,6-8,11H2,2-4H3. The van der Waals surface area contributed by atoms with Crippen LogP contribution in [0.3, 0.4) is 0 Å². The Morgan fingerprint density at radius 2 is 2.11 bits per heavy atom. The molecule has 0 unspecified atom stereocenters. The van der Waals surface area contributed by atoms with Crippen molar-refractivity contribution in [3.05, 3.63) is 36.0 Å². The maximum absolute atomic E-state index is 9.45. The molecule has 0 bridgehead atoms. The van der Waals surface area contributed by atoms with Crippen molar-refractivity contribution in [1.82, 2.24) is 4.98 Å². The predicted molar refractivity (Wildman–Crippen MR) is 79.4 cm³/mol. The number of rotatable bonds is 5. The molecular weight excluding hydrogens is 236 g/mol. The van der Waals surface area contributed by atoms with Gasteiger partial charge in [-0.25, -0.2) is 4.98 Å². The second-order valence-electron chi connectivity index (χ2n) is 6.30. The first-order valence-corrected chi connectivity index (χ1v) is 6.95. The molecule has 1 aliphatic rings. The zero-order chi connectivity index (χ0) is 14.0. The van der Waals surface area contributed by atoms with Crippen LogP contribution in [0.25, 0.3) is 0 Å². The van der Waals surface area contributed by atoms with Crippen LogP contribution in [0.2, 0.25) is 0 Å². The number of anilines is 1. The number of aliphatic hydroxyl groups excluding tert-OH is 1. The van der Waals surface area contributed by atoms with Gasteiger partial charge in [0.1, 0.15) is 5.82 Å². The Bertz CT molecular complexity index is 458. The molecule has 1 fully saturated rings. The molecule has 3 heteroatoms. The van der Waals surface area contributed by atoms with Crippen molar-refractivity contribution in [3.8, 4) is 0 Å².